The molecule has 244 valence electrons. The van der Waals surface area contributed by atoms with Crippen molar-refractivity contribution < 1.29 is 0 Å². The SMILES string of the molecule is c1ccc2c(c1)-c1ccccc1C21c2cc3ccc(-c4ccc5ccccc5n4)cc3nc2-c2c1cc(-c1ccc3ccccc3c1)c1ccccc21. The van der Waals surface area contributed by atoms with E-state index < -0.39 is 5.41 Å². The van der Waals surface area contributed by atoms with Crippen molar-refractivity contribution in [3.05, 3.63) is 204 Å². The molecular formula is C51H30N2. The van der Waals surface area contributed by atoms with Crippen LogP contribution in [0.5, 0.6) is 0 Å². The number of aromatic nitrogens is 2. The minimum Gasteiger partial charge on any atom is -0.248 e. The molecule has 2 heterocycles. The van der Waals surface area contributed by atoms with Crippen molar-refractivity contribution in [2.24, 2.45) is 0 Å². The molecule has 0 saturated carbocycles. The summed E-state index contributed by atoms with van der Waals surface area (Å²) in [5.41, 5.74) is 16.0. The summed E-state index contributed by atoms with van der Waals surface area (Å²) in [6.45, 7) is 0. The number of hydrogen-bond donors (Lipinski definition) is 0. The molecule has 2 heteroatoms. The highest BCUT2D eigenvalue weighted by Gasteiger charge is 2.53. The summed E-state index contributed by atoms with van der Waals surface area (Å²) in [5.74, 6) is 0. The van der Waals surface area contributed by atoms with Gasteiger partial charge in [-0.05, 0) is 102 Å². The zero-order valence-corrected chi connectivity index (χ0v) is 28.7. The van der Waals surface area contributed by atoms with E-state index in [-0.39, 0.29) is 0 Å². The first-order valence-corrected chi connectivity index (χ1v) is 18.3. The number of benzene rings is 8. The molecule has 1 spiro atoms. The number of fused-ring (bicyclic) bond motifs is 15. The van der Waals surface area contributed by atoms with E-state index in [9.17, 15) is 0 Å². The molecule has 2 aliphatic rings. The normalized spacial score (nSPS) is 13.4. The van der Waals surface area contributed by atoms with Gasteiger partial charge in [-0.2, -0.15) is 0 Å². The van der Waals surface area contributed by atoms with E-state index in [4.69, 9.17) is 9.97 Å². The predicted octanol–water partition coefficient (Wildman–Crippen LogP) is 12.8. The van der Waals surface area contributed by atoms with E-state index >= 15 is 0 Å². The van der Waals surface area contributed by atoms with Gasteiger partial charge in [-0.25, -0.2) is 9.97 Å². The Morgan fingerprint density at radius 2 is 0.981 bits per heavy atom. The van der Waals surface area contributed by atoms with Crippen molar-refractivity contribution in [2.45, 2.75) is 5.41 Å². The molecule has 53 heavy (non-hydrogen) atoms. The second kappa shape index (κ2) is 10.6. The average molecular weight is 671 g/mol. The number of hydrogen-bond acceptors (Lipinski definition) is 2. The molecule has 0 radical (unpaired) electrons. The lowest BCUT2D eigenvalue weighted by molar-refractivity contribution is 0.794. The standard InChI is InChI=1S/C51H30N2/c1-2-13-33-27-34(22-21-31(33)11-1)41-30-44-49(40-17-5-4-14-37(40)41)50-45(51(44)42-18-8-6-15-38(42)39-16-7-9-19-43(39)51)28-35-23-24-36(29-48(35)53-50)47-26-25-32-12-3-10-20-46(32)52-47/h1-30H. The van der Waals surface area contributed by atoms with E-state index in [0.29, 0.717) is 0 Å². The molecular weight excluding hydrogens is 641 g/mol. The van der Waals surface area contributed by atoms with E-state index in [1.165, 1.54) is 71.6 Å². The monoisotopic (exact) mass is 670 g/mol. The summed E-state index contributed by atoms with van der Waals surface area (Å²) >= 11 is 0. The van der Waals surface area contributed by atoms with Crippen LogP contribution in [0, 0.1) is 0 Å². The van der Waals surface area contributed by atoms with Crippen LogP contribution in [0.1, 0.15) is 22.3 Å². The molecule has 0 atom stereocenters. The number of nitrogens with zero attached hydrogens (tertiary/aromatic N) is 2. The van der Waals surface area contributed by atoms with E-state index in [0.717, 1.165) is 38.8 Å². The summed E-state index contributed by atoms with van der Waals surface area (Å²) in [4.78, 5) is 10.7. The first kappa shape index (κ1) is 28.8. The molecule has 0 unspecified atom stereocenters. The van der Waals surface area contributed by atoms with Crippen molar-refractivity contribution in [3.63, 3.8) is 0 Å². The maximum absolute atomic E-state index is 5.68. The van der Waals surface area contributed by atoms with Crippen LogP contribution < -0.4 is 0 Å². The fraction of sp³-hybridized carbons (Fsp3) is 0.0196. The topological polar surface area (TPSA) is 25.8 Å². The van der Waals surface area contributed by atoms with Crippen LogP contribution in [0.3, 0.4) is 0 Å². The number of para-hydroxylation sites is 1. The first-order valence-electron chi connectivity index (χ1n) is 18.3. The third-order valence-electron chi connectivity index (χ3n) is 11.8. The molecule has 0 N–H and O–H groups in total. The zero-order valence-electron chi connectivity index (χ0n) is 28.7. The fourth-order valence-electron chi connectivity index (χ4n) is 9.51. The molecule has 0 aliphatic heterocycles. The van der Waals surface area contributed by atoms with Crippen LogP contribution in [-0.2, 0) is 5.41 Å². The lowest BCUT2D eigenvalue weighted by Crippen LogP contribution is -2.26. The Morgan fingerprint density at radius 1 is 0.340 bits per heavy atom. The second-order valence-corrected chi connectivity index (χ2v) is 14.5. The maximum atomic E-state index is 5.68. The van der Waals surface area contributed by atoms with Gasteiger partial charge in [0, 0.05) is 21.9 Å². The molecule has 0 fully saturated rings. The Morgan fingerprint density at radius 3 is 1.81 bits per heavy atom. The first-order chi connectivity index (χ1) is 26.3. The van der Waals surface area contributed by atoms with E-state index in [1.807, 2.05) is 6.07 Å². The highest BCUT2D eigenvalue weighted by Crippen LogP contribution is 2.64. The van der Waals surface area contributed by atoms with Crippen LogP contribution in [0.25, 0.3) is 88.1 Å². The van der Waals surface area contributed by atoms with Crippen LogP contribution in [0.2, 0.25) is 0 Å². The molecule has 0 bridgehead atoms. The Labute approximate surface area is 306 Å². The summed E-state index contributed by atoms with van der Waals surface area (Å²) in [6, 6.07) is 66.7. The summed E-state index contributed by atoms with van der Waals surface area (Å²) in [6.07, 6.45) is 0. The lowest BCUT2D eigenvalue weighted by atomic mass is 9.70. The van der Waals surface area contributed by atoms with Gasteiger partial charge in [-0.3, -0.25) is 0 Å². The molecule has 10 aromatic rings. The number of rotatable bonds is 2. The van der Waals surface area contributed by atoms with E-state index in [1.54, 1.807) is 0 Å². The van der Waals surface area contributed by atoms with Gasteiger partial charge in [0.25, 0.3) is 0 Å². The highest BCUT2D eigenvalue weighted by molar-refractivity contribution is 6.12. The Bertz CT molecular complexity index is 3140. The van der Waals surface area contributed by atoms with Crippen molar-refractivity contribution in [1.29, 1.82) is 0 Å². The Hall–Kier alpha value is -6.90. The van der Waals surface area contributed by atoms with E-state index in [2.05, 4.69) is 176 Å². The maximum Gasteiger partial charge on any atom is 0.0767 e. The van der Waals surface area contributed by atoms with Crippen LogP contribution in [0.4, 0.5) is 0 Å². The van der Waals surface area contributed by atoms with Gasteiger partial charge in [-0.15, -0.1) is 0 Å². The third kappa shape index (κ3) is 3.87. The van der Waals surface area contributed by atoms with Crippen molar-refractivity contribution in [3.8, 4) is 44.8 Å². The second-order valence-electron chi connectivity index (χ2n) is 14.5. The van der Waals surface area contributed by atoms with Crippen LogP contribution in [-0.4, -0.2) is 9.97 Å². The molecule has 0 amide bonds. The van der Waals surface area contributed by atoms with Crippen molar-refractivity contribution in [2.75, 3.05) is 0 Å². The minimum atomic E-state index is -0.521. The molecule has 2 nitrogen and oxygen atoms in total. The fourth-order valence-corrected chi connectivity index (χ4v) is 9.51. The molecule has 2 aliphatic carbocycles. The van der Waals surface area contributed by atoms with Crippen LogP contribution >= 0.6 is 0 Å². The lowest BCUT2D eigenvalue weighted by Gasteiger charge is -2.31. The van der Waals surface area contributed by atoms with Crippen molar-refractivity contribution in [1.82, 2.24) is 9.97 Å². The average Bonchev–Trinajstić information content (AvgIpc) is 3.68. The third-order valence-corrected chi connectivity index (χ3v) is 11.8. The summed E-state index contributed by atoms with van der Waals surface area (Å²) in [7, 11) is 0. The van der Waals surface area contributed by atoms with Gasteiger partial charge in [-0.1, -0.05) is 146 Å². The quantitative estimate of drug-likeness (QED) is 0.183. The Balaban J connectivity index is 1.19. The van der Waals surface area contributed by atoms with Crippen LogP contribution in [0.15, 0.2) is 182 Å². The number of pyridine rings is 2. The van der Waals surface area contributed by atoms with Gasteiger partial charge in [0.1, 0.15) is 0 Å². The van der Waals surface area contributed by atoms with Gasteiger partial charge in [0.2, 0.25) is 0 Å². The summed E-state index contributed by atoms with van der Waals surface area (Å²) < 4.78 is 0. The Kier molecular flexibility index (Phi) is 5.73. The van der Waals surface area contributed by atoms with Gasteiger partial charge < -0.3 is 0 Å². The molecule has 12 rings (SSSR count). The van der Waals surface area contributed by atoms with Crippen molar-refractivity contribution >= 4 is 43.4 Å². The molecule has 2 aromatic heterocycles. The zero-order chi connectivity index (χ0) is 34.7. The summed E-state index contributed by atoms with van der Waals surface area (Å²) in [5, 5.41) is 7.22. The smallest absolute Gasteiger partial charge is 0.0767 e. The minimum absolute atomic E-state index is 0.521. The largest absolute Gasteiger partial charge is 0.248 e. The van der Waals surface area contributed by atoms with Gasteiger partial charge >= 0.3 is 0 Å². The predicted molar refractivity (Wildman–Crippen MR) is 219 cm³/mol. The highest BCUT2D eigenvalue weighted by atomic mass is 14.8. The molecule has 0 saturated heterocycles. The van der Waals surface area contributed by atoms with Gasteiger partial charge in [0.15, 0.2) is 0 Å². The van der Waals surface area contributed by atoms with Gasteiger partial charge in [0.05, 0.1) is 27.8 Å². The molecule has 8 aromatic carbocycles.